The maximum absolute atomic E-state index is 5.80. The zero-order valence-electron chi connectivity index (χ0n) is 11.1. The van der Waals surface area contributed by atoms with Gasteiger partial charge in [0.15, 0.2) is 0 Å². The molecule has 1 aromatic carbocycles. The van der Waals surface area contributed by atoms with Crippen LogP contribution < -0.4 is 4.57 Å². The number of aryl methyl sites for hydroxylation is 1. The van der Waals surface area contributed by atoms with E-state index in [0.717, 1.165) is 13.0 Å². The van der Waals surface area contributed by atoms with E-state index in [1.54, 1.807) is 14.2 Å². The van der Waals surface area contributed by atoms with Crippen LogP contribution in [0.4, 0.5) is 5.69 Å². The fourth-order valence-electron chi connectivity index (χ4n) is 2.67. The third kappa shape index (κ3) is 2.01. The fourth-order valence-corrected chi connectivity index (χ4v) is 6.05. The highest BCUT2D eigenvalue weighted by Gasteiger charge is 2.53. The van der Waals surface area contributed by atoms with E-state index in [9.17, 15) is 0 Å². The van der Waals surface area contributed by atoms with Crippen molar-refractivity contribution in [3.63, 3.8) is 0 Å². The van der Waals surface area contributed by atoms with Gasteiger partial charge in [0.1, 0.15) is 0 Å². The molecule has 1 fully saturated rings. The topological polar surface area (TPSA) is 21.7 Å². The highest BCUT2D eigenvalue weighted by molar-refractivity contribution is 6.73. The lowest BCUT2D eigenvalue weighted by atomic mass is 10.2. The standard InChI is InChI=1S/C13H21NO2Si/c1-11-5-7-13(8-6-11)14-10-9-12(2)17(14,15-3)16-4/h5-8,12H,9-10H2,1-4H3. The van der Waals surface area contributed by atoms with Gasteiger partial charge < -0.3 is 13.4 Å². The molecule has 1 heterocycles. The lowest BCUT2D eigenvalue weighted by Gasteiger charge is -2.36. The van der Waals surface area contributed by atoms with Crippen molar-refractivity contribution in [1.82, 2.24) is 0 Å². The number of rotatable bonds is 3. The maximum Gasteiger partial charge on any atom is 0.462 e. The number of benzene rings is 1. The van der Waals surface area contributed by atoms with Crippen molar-refractivity contribution in [3.05, 3.63) is 29.8 Å². The minimum Gasteiger partial charge on any atom is -0.381 e. The Hall–Kier alpha value is -0.843. The summed E-state index contributed by atoms with van der Waals surface area (Å²) in [5.41, 5.74) is 3.00. The van der Waals surface area contributed by atoms with E-state index >= 15 is 0 Å². The molecule has 94 valence electrons. The van der Waals surface area contributed by atoms with E-state index in [-0.39, 0.29) is 0 Å². The van der Waals surface area contributed by atoms with Gasteiger partial charge in [-0.3, -0.25) is 0 Å². The maximum atomic E-state index is 5.80. The SMILES string of the molecule is CO[Si]1(OC)C(C)CCN1c1ccc(C)cc1. The molecule has 2 rings (SSSR count). The predicted molar refractivity (Wildman–Crippen MR) is 72.3 cm³/mol. The second kappa shape index (κ2) is 4.80. The molecular weight excluding hydrogens is 230 g/mol. The predicted octanol–water partition coefficient (Wildman–Crippen LogP) is 2.83. The monoisotopic (exact) mass is 251 g/mol. The quantitative estimate of drug-likeness (QED) is 0.771. The first-order valence-corrected chi connectivity index (χ1v) is 7.92. The van der Waals surface area contributed by atoms with E-state index in [1.165, 1.54) is 11.3 Å². The summed E-state index contributed by atoms with van der Waals surface area (Å²) in [6.45, 7) is 5.36. The van der Waals surface area contributed by atoms with Crippen molar-refractivity contribution in [3.8, 4) is 0 Å². The Balaban J connectivity index is 2.34. The molecular formula is C13H21NO2Si. The van der Waals surface area contributed by atoms with Gasteiger partial charge in [0.2, 0.25) is 0 Å². The van der Waals surface area contributed by atoms with Crippen LogP contribution in [0.2, 0.25) is 5.54 Å². The molecule has 1 saturated heterocycles. The van der Waals surface area contributed by atoms with Gasteiger partial charge in [-0.1, -0.05) is 24.6 Å². The summed E-state index contributed by atoms with van der Waals surface area (Å²) in [7, 11) is 1.32. The number of anilines is 1. The van der Waals surface area contributed by atoms with Crippen molar-refractivity contribution < 1.29 is 8.85 Å². The molecule has 0 bridgehead atoms. The summed E-state index contributed by atoms with van der Waals surface area (Å²) in [5.74, 6) is 0. The van der Waals surface area contributed by atoms with Gasteiger partial charge in [0.25, 0.3) is 0 Å². The van der Waals surface area contributed by atoms with Crippen molar-refractivity contribution in [1.29, 1.82) is 0 Å². The van der Waals surface area contributed by atoms with Crippen LogP contribution in [0.3, 0.4) is 0 Å². The molecule has 0 N–H and O–H groups in total. The molecule has 17 heavy (non-hydrogen) atoms. The van der Waals surface area contributed by atoms with Gasteiger partial charge in [0.05, 0.1) is 0 Å². The molecule has 1 aliphatic heterocycles. The Morgan fingerprint density at radius 2 is 1.76 bits per heavy atom. The fraction of sp³-hybridized carbons (Fsp3) is 0.538. The molecule has 0 saturated carbocycles. The summed E-state index contributed by atoms with van der Waals surface area (Å²) >= 11 is 0. The minimum absolute atomic E-state index is 0.499. The summed E-state index contributed by atoms with van der Waals surface area (Å²) in [4.78, 5) is 0. The number of nitrogens with zero attached hydrogens (tertiary/aromatic N) is 1. The van der Waals surface area contributed by atoms with Crippen LogP contribution in [0.25, 0.3) is 0 Å². The number of hydrogen-bond acceptors (Lipinski definition) is 3. The van der Waals surface area contributed by atoms with Gasteiger partial charge in [0, 0.05) is 32.0 Å². The molecule has 1 atom stereocenters. The molecule has 0 amide bonds. The molecule has 0 spiro atoms. The molecule has 0 aliphatic carbocycles. The Morgan fingerprint density at radius 3 is 2.29 bits per heavy atom. The second-order valence-electron chi connectivity index (χ2n) is 4.72. The Kier molecular flexibility index (Phi) is 3.56. The van der Waals surface area contributed by atoms with Crippen LogP contribution in [-0.2, 0) is 8.85 Å². The second-order valence-corrected chi connectivity index (χ2v) is 8.32. The Bertz CT molecular complexity index is 376. The smallest absolute Gasteiger partial charge is 0.381 e. The van der Waals surface area contributed by atoms with E-state index in [4.69, 9.17) is 8.85 Å². The first-order valence-electron chi connectivity index (χ1n) is 6.08. The summed E-state index contributed by atoms with van der Waals surface area (Å²) in [6.07, 6.45) is 1.14. The van der Waals surface area contributed by atoms with Crippen LogP contribution in [0.1, 0.15) is 18.9 Å². The highest BCUT2D eigenvalue weighted by atomic mass is 28.4. The first-order chi connectivity index (χ1) is 8.14. The van der Waals surface area contributed by atoms with Crippen molar-refractivity contribution >= 4 is 14.4 Å². The van der Waals surface area contributed by atoms with Crippen LogP contribution in [0.5, 0.6) is 0 Å². The molecule has 3 nitrogen and oxygen atoms in total. The Morgan fingerprint density at radius 1 is 1.18 bits per heavy atom. The molecule has 0 aromatic heterocycles. The van der Waals surface area contributed by atoms with Crippen LogP contribution in [-0.4, -0.2) is 29.5 Å². The lowest BCUT2D eigenvalue weighted by molar-refractivity contribution is 0.237. The molecule has 4 heteroatoms. The van der Waals surface area contributed by atoms with Crippen molar-refractivity contribution in [2.75, 3.05) is 25.3 Å². The van der Waals surface area contributed by atoms with E-state index in [1.807, 2.05) is 0 Å². The normalized spacial score (nSPS) is 23.1. The lowest BCUT2D eigenvalue weighted by Crippen LogP contribution is -2.55. The van der Waals surface area contributed by atoms with Gasteiger partial charge in [-0.25, -0.2) is 0 Å². The van der Waals surface area contributed by atoms with Crippen LogP contribution in [0.15, 0.2) is 24.3 Å². The third-order valence-electron chi connectivity index (χ3n) is 3.72. The van der Waals surface area contributed by atoms with Gasteiger partial charge in [-0.15, -0.1) is 0 Å². The summed E-state index contributed by atoms with van der Waals surface area (Å²) < 4.78 is 13.9. The van der Waals surface area contributed by atoms with Crippen molar-refractivity contribution in [2.24, 2.45) is 0 Å². The average Bonchev–Trinajstić information content (AvgIpc) is 2.68. The third-order valence-corrected chi connectivity index (χ3v) is 7.65. The van der Waals surface area contributed by atoms with Crippen LogP contribution >= 0.6 is 0 Å². The zero-order valence-corrected chi connectivity index (χ0v) is 12.1. The number of hydrogen-bond donors (Lipinski definition) is 0. The Labute approximate surface area is 105 Å². The van der Waals surface area contributed by atoms with Gasteiger partial charge in [-0.05, 0) is 25.5 Å². The molecule has 1 aromatic rings. The first kappa shape index (κ1) is 12.6. The van der Waals surface area contributed by atoms with E-state index in [0.29, 0.717) is 5.54 Å². The average molecular weight is 251 g/mol. The highest BCUT2D eigenvalue weighted by Crippen LogP contribution is 2.39. The summed E-state index contributed by atoms with van der Waals surface area (Å²) in [6, 6.07) is 8.60. The van der Waals surface area contributed by atoms with Crippen LogP contribution in [0, 0.1) is 6.92 Å². The largest absolute Gasteiger partial charge is 0.462 e. The van der Waals surface area contributed by atoms with Gasteiger partial charge >= 0.3 is 8.72 Å². The molecule has 1 unspecified atom stereocenters. The van der Waals surface area contributed by atoms with Gasteiger partial charge in [-0.2, -0.15) is 0 Å². The van der Waals surface area contributed by atoms with E-state index in [2.05, 4.69) is 42.7 Å². The van der Waals surface area contributed by atoms with Crippen molar-refractivity contribution in [2.45, 2.75) is 25.8 Å². The van der Waals surface area contributed by atoms with E-state index < -0.39 is 8.72 Å². The molecule has 0 radical (unpaired) electrons. The zero-order chi connectivity index (χ0) is 12.5. The molecule has 1 aliphatic rings. The minimum atomic E-state index is -2.24. The summed E-state index contributed by atoms with van der Waals surface area (Å²) in [5, 5.41) is 0.